The normalized spacial score (nSPS) is 24.5. The zero-order valence-electron chi connectivity index (χ0n) is 15.8. The Morgan fingerprint density at radius 2 is 1.96 bits per heavy atom. The van der Waals surface area contributed by atoms with Gasteiger partial charge in [0.2, 0.25) is 5.91 Å². The molecule has 144 valence electrons. The van der Waals surface area contributed by atoms with E-state index >= 15 is 0 Å². The van der Waals surface area contributed by atoms with Crippen molar-refractivity contribution in [1.29, 1.82) is 0 Å². The van der Waals surface area contributed by atoms with Gasteiger partial charge in [0.1, 0.15) is 12.2 Å². The van der Waals surface area contributed by atoms with Crippen molar-refractivity contribution in [3.8, 4) is 0 Å². The van der Waals surface area contributed by atoms with Gasteiger partial charge in [0, 0.05) is 31.7 Å². The van der Waals surface area contributed by atoms with Gasteiger partial charge in [-0.2, -0.15) is 5.10 Å². The van der Waals surface area contributed by atoms with Crippen LogP contribution in [-0.4, -0.2) is 57.9 Å². The van der Waals surface area contributed by atoms with E-state index in [1.54, 1.807) is 6.33 Å². The highest BCUT2D eigenvalue weighted by molar-refractivity contribution is 5.79. The number of hydrogen-bond acceptors (Lipinski definition) is 5. The Morgan fingerprint density at radius 1 is 1.23 bits per heavy atom. The minimum atomic E-state index is 0.0264. The smallest absolute Gasteiger partial charge is 0.223 e. The molecule has 3 heterocycles. The van der Waals surface area contributed by atoms with Crippen LogP contribution in [0.3, 0.4) is 0 Å². The molecule has 0 bridgehead atoms. The van der Waals surface area contributed by atoms with Crippen molar-refractivity contribution in [3.05, 3.63) is 12.2 Å². The number of amides is 1. The summed E-state index contributed by atoms with van der Waals surface area (Å²) in [7, 11) is 0. The van der Waals surface area contributed by atoms with Gasteiger partial charge in [0.15, 0.2) is 0 Å². The highest BCUT2D eigenvalue weighted by atomic mass is 16.5. The Balaban J connectivity index is 1.33. The molecule has 3 fully saturated rings. The molecule has 0 unspecified atom stereocenters. The van der Waals surface area contributed by atoms with Gasteiger partial charge in [-0.3, -0.25) is 4.79 Å². The SMILES string of the molecule is CCn1ncnc1[C@H](NC(=O)C1CCN(C2CCOCC2)CC1)C1CC1. The van der Waals surface area contributed by atoms with Gasteiger partial charge < -0.3 is 15.0 Å². The predicted octanol–water partition coefficient (Wildman–Crippen LogP) is 1.76. The van der Waals surface area contributed by atoms with Gasteiger partial charge in [-0.15, -0.1) is 0 Å². The zero-order chi connectivity index (χ0) is 17.9. The lowest BCUT2D eigenvalue weighted by atomic mass is 9.93. The fourth-order valence-corrected chi connectivity index (χ4v) is 4.43. The Bertz CT molecular complexity index is 601. The molecular formula is C19H31N5O2. The summed E-state index contributed by atoms with van der Waals surface area (Å²) in [5, 5.41) is 7.60. The molecule has 26 heavy (non-hydrogen) atoms. The van der Waals surface area contributed by atoms with Gasteiger partial charge in [-0.05, 0) is 64.5 Å². The number of ether oxygens (including phenoxy) is 1. The van der Waals surface area contributed by atoms with Crippen LogP contribution in [-0.2, 0) is 16.1 Å². The number of piperidine rings is 1. The van der Waals surface area contributed by atoms with Crippen molar-refractivity contribution in [2.45, 2.75) is 64.1 Å². The molecule has 4 rings (SSSR count). The van der Waals surface area contributed by atoms with Crippen molar-refractivity contribution in [2.24, 2.45) is 11.8 Å². The molecule has 7 heteroatoms. The number of nitrogens with one attached hydrogen (secondary N) is 1. The molecule has 2 aliphatic heterocycles. The summed E-state index contributed by atoms with van der Waals surface area (Å²) in [6.07, 6.45) is 8.13. The van der Waals surface area contributed by atoms with E-state index in [1.165, 1.54) is 12.8 Å². The number of hydrogen-bond donors (Lipinski definition) is 1. The monoisotopic (exact) mass is 361 g/mol. The molecule has 1 amide bonds. The second-order valence-corrected chi connectivity index (χ2v) is 7.91. The number of aryl methyl sites for hydroxylation is 1. The Morgan fingerprint density at radius 3 is 2.62 bits per heavy atom. The number of rotatable bonds is 6. The zero-order valence-corrected chi connectivity index (χ0v) is 15.8. The molecule has 1 N–H and O–H groups in total. The van der Waals surface area contributed by atoms with Gasteiger partial charge in [0.05, 0.1) is 6.04 Å². The molecule has 0 radical (unpaired) electrons. The first kappa shape index (κ1) is 17.9. The summed E-state index contributed by atoms with van der Waals surface area (Å²) in [4.78, 5) is 19.9. The van der Waals surface area contributed by atoms with Crippen molar-refractivity contribution < 1.29 is 9.53 Å². The van der Waals surface area contributed by atoms with E-state index in [1.807, 2.05) is 4.68 Å². The number of carbonyl (C=O) groups excluding carboxylic acids is 1. The molecule has 1 aromatic rings. The Hall–Kier alpha value is -1.47. The average molecular weight is 361 g/mol. The van der Waals surface area contributed by atoms with E-state index in [0.717, 1.165) is 64.4 Å². The van der Waals surface area contributed by atoms with Crippen LogP contribution < -0.4 is 5.32 Å². The van der Waals surface area contributed by atoms with E-state index in [2.05, 4.69) is 27.2 Å². The van der Waals surface area contributed by atoms with Gasteiger partial charge in [-0.1, -0.05) is 0 Å². The summed E-state index contributed by atoms with van der Waals surface area (Å²) in [5.41, 5.74) is 0. The van der Waals surface area contributed by atoms with Crippen LogP contribution in [0.5, 0.6) is 0 Å². The fraction of sp³-hybridized carbons (Fsp3) is 0.842. The molecule has 1 saturated carbocycles. The number of likely N-dealkylation sites (tertiary alicyclic amines) is 1. The molecule has 1 aromatic heterocycles. The Kier molecular flexibility index (Phi) is 5.55. The van der Waals surface area contributed by atoms with Crippen LogP contribution in [0.4, 0.5) is 0 Å². The second-order valence-electron chi connectivity index (χ2n) is 7.91. The first-order valence-electron chi connectivity index (χ1n) is 10.3. The summed E-state index contributed by atoms with van der Waals surface area (Å²) < 4.78 is 7.39. The molecular weight excluding hydrogens is 330 g/mol. The van der Waals surface area contributed by atoms with Gasteiger partial charge in [0.25, 0.3) is 0 Å². The summed E-state index contributed by atoms with van der Waals surface area (Å²) in [6, 6.07) is 0.675. The van der Waals surface area contributed by atoms with Crippen molar-refractivity contribution in [2.75, 3.05) is 26.3 Å². The van der Waals surface area contributed by atoms with Crippen molar-refractivity contribution in [1.82, 2.24) is 25.0 Å². The summed E-state index contributed by atoms with van der Waals surface area (Å²) in [5.74, 6) is 1.78. The van der Waals surface area contributed by atoms with Gasteiger partial charge >= 0.3 is 0 Å². The van der Waals surface area contributed by atoms with Gasteiger partial charge in [-0.25, -0.2) is 9.67 Å². The van der Waals surface area contributed by atoms with Crippen molar-refractivity contribution in [3.63, 3.8) is 0 Å². The first-order chi connectivity index (χ1) is 12.8. The second kappa shape index (κ2) is 8.05. The quantitative estimate of drug-likeness (QED) is 0.836. The topological polar surface area (TPSA) is 72.3 Å². The maximum atomic E-state index is 12.9. The van der Waals surface area contributed by atoms with Crippen LogP contribution in [0.2, 0.25) is 0 Å². The van der Waals surface area contributed by atoms with E-state index in [0.29, 0.717) is 12.0 Å². The molecule has 1 atom stereocenters. The largest absolute Gasteiger partial charge is 0.381 e. The van der Waals surface area contributed by atoms with Crippen molar-refractivity contribution >= 4 is 5.91 Å². The minimum absolute atomic E-state index is 0.0264. The highest BCUT2D eigenvalue weighted by Crippen LogP contribution is 2.40. The van der Waals surface area contributed by atoms with E-state index in [-0.39, 0.29) is 17.9 Å². The maximum absolute atomic E-state index is 12.9. The number of carbonyl (C=O) groups is 1. The van der Waals surface area contributed by atoms with Crippen LogP contribution in [0.1, 0.15) is 57.3 Å². The molecule has 0 aromatic carbocycles. The van der Waals surface area contributed by atoms with E-state index in [9.17, 15) is 4.79 Å². The molecule has 3 aliphatic rings. The molecule has 1 aliphatic carbocycles. The summed E-state index contributed by atoms with van der Waals surface area (Å²) in [6.45, 7) is 6.68. The molecule has 2 saturated heterocycles. The van der Waals surface area contributed by atoms with Crippen LogP contribution in [0.25, 0.3) is 0 Å². The third-order valence-corrected chi connectivity index (χ3v) is 6.22. The summed E-state index contributed by atoms with van der Waals surface area (Å²) >= 11 is 0. The fourth-order valence-electron chi connectivity index (χ4n) is 4.43. The standard InChI is InChI=1S/C19H31N5O2/c1-2-24-18(20-13-21-24)17(14-3-4-14)22-19(25)15-5-9-23(10-6-15)16-7-11-26-12-8-16/h13-17H,2-12H2,1H3,(H,22,25)/t17-/m1/s1. The molecule has 7 nitrogen and oxygen atoms in total. The van der Waals surface area contributed by atoms with Crippen LogP contribution in [0, 0.1) is 11.8 Å². The predicted molar refractivity (Wildman–Crippen MR) is 97.4 cm³/mol. The number of aromatic nitrogens is 3. The third-order valence-electron chi connectivity index (χ3n) is 6.22. The lowest BCUT2D eigenvalue weighted by molar-refractivity contribution is -0.127. The van der Waals surface area contributed by atoms with E-state index in [4.69, 9.17) is 4.74 Å². The van der Waals surface area contributed by atoms with Crippen LogP contribution >= 0.6 is 0 Å². The Labute approximate surface area is 155 Å². The van der Waals surface area contributed by atoms with Crippen LogP contribution in [0.15, 0.2) is 6.33 Å². The first-order valence-corrected chi connectivity index (χ1v) is 10.3. The average Bonchev–Trinajstić information content (AvgIpc) is 3.43. The maximum Gasteiger partial charge on any atom is 0.223 e. The lowest BCUT2D eigenvalue weighted by Crippen LogP contribution is -2.47. The minimum Gasteiger partial charge on any atom is -0.381 e. The third kappa shape index (κ3) is 3.93. The lowest BCUT2D eigenvalue weighted by Gasteiger charge is -2.39. The number of nitrogens with zero attached hydrogens (tertiary/aromatic N) is 4. The highest BCUT2D eigenvalue weighted by Gasteiger charge is 2.38. The molecule has 0 spiro atoms. The van der Waals surface area contributed by atoms with E-state index < -0.39 is 0 Å².